The minimum absolute atomic E-state index is 0.332. The number of hydrazone groups is 1. The first-order valence-corrected chi connectivity index (χ1v) is 11.5. The van der Waals surface area contributed by atoms with Crippen LogP contribution in [0.5, 0.6) is 23.0 Å². The molecule has 0 aromatic heterocycles. The van der Waals surface area contributed by atoms with Crippen LogP contribution in [0.4, 0.5) is 0 Å². The summed E-state index contributed by atoms with van der Waals surface area (Å²) in [6.45, 7) is 3.30. The predicted octanol–water partition coefficient (Wildman–Crippen LogP) is 6.22. The highest BCUT2D eigenvalue weighted by molar-refractivity contribution is 9.10. The van der Waals surface area contributed by atoms with E-state index in [0.29, 0.717) is 47.8 Å². The molecule has 3 aromatic carbocycles. The van der Waals surface area contributed by atoms with Crippen LogP contribution in [0.25, 0.3) is 0 Å². The van der Waals surface area contributed by atoms with Crippen molar-refractivity contribution in [1.29, 1.82) is 0 Å². The molecule has 6 nitrogen and oxygen atoms in total. The molecule has 8 heteroatoms. The van der Waals surface area contributed by atoms with Crippen LogP contribution in [0.15, 0.2) is 64.2 Å². The molecule has 0 bridgehead atoms. The first kappa shape index (κ1) is 24.7. The first-order valence-electron chi connectivity index (χ1n) is 10.3. The van der Waals surface area contributed by atoms with E-state index in [4.69, 9.17) is 30.5 Å². The third-order valence-electron chi connectivity index (χ3n) is 4.70. The predicted molar refractivity (Wildman–Crippen MR) is 135 cm³/mol. The Balaban J connectivity index is 1.68. The minimum Gasteiger partial charge on any atom is -0.493 e. The molecule has 0 spiro atoms. The summed E-state index contributed by atoms with van der Waals surface area (Å²) in [6.07, 6.45) is 1.73. The summed E-state index contributed by atoms with van der Waals surface area (Å²) in [7, 11) is 3.23. The Bertz CT molecular complexity index is 1110. The van der Waals surface area contributed by atoms with E-state index in [9.17, 15) is 0 Å². The van der Waals surface area contributed by atoms with Crippen LogP contribution < -0.4 is 24.4 Å². The van der Waals surface area contributed by atoms with Crippen LogP contribution >= 0.6 is 27.5 Å². The van der Waals surface area contributed by atoms with Gasteiger partial charge < -0.3 is 24.4 Å². The summed E-state index contributed by atoms with van der Waals surface area (Å²) in [4.78, 5) is 0. The number of hydrogen-bond donors (Lipinski definition) is 1. The van der Waals surface area contributed by atoms with Gasteiger partial charge >= 0.3 is 0 Å². The van der Waals surface area contributed by atoms with Gasteiger partial charge in [-0.1, -0.05) is 35.9 Å². The maximum Gasteiger partial charge on any atom is 0.175 e. The highest BCUT2D eigenvalue weighted by atomic mass is 79.9. The third-order valence-corrected chi connectivity index (χ3v) is 5.66. The summed E-state index contributed by atoms with van der Waals surface area (Å²) in [6, 6.07) is 17.1. The van der Waals surface area contributed by atoms with Gasteiger partial charge in [0.1, 0.15) is 6.61 Å². The van der Waals surface area contributed by atoms with Gasteiger partial charge in [-0.05, 0) is 64.3 Å². The molecule has 0 aliphatic rings. The van der Waals surface area contributed by atoms with E-state index in [1.807, 2.05) is 61.5 Å². The molecule has 0 radical (unpaired) electrons. The number of halogens is 2. The van der Waals surface area contributed by atoms with E-state index in [0.717, 1.165) is 21.2 Å². The number of ether oxygens (including phenoxy) is 4. The SMILES string of the molecule is CCOc1cc(/C=N\NCc2ccc(OC)c(OC)c2)cc(Br)c1OCc1ccccc1Cl. The second-order valence-corrected chi connectivity index (χ2v) is 8.19. The van der Waals surface area contributed by atoms with Crippen molar-refractivity contribution in [3.8, 4) is 23.0 Å². The fourth-order valence-electron chi connectivity index (χ4n) is 3.08. The number of nitrogens with zero attached hydrogens (tertiary/aromatic N) is 1. The van der Waals surface area contributed by atoms with Crippen LogP contribution in [0, 0.1) is 0 Å². The molecule has 33 heavy (non-hydrogen) atoms. The maximum atomic E-state index is 6.24. The summed E-state index contributed by atoms with van der Waals surface area (Å²) >= 11 is 9.83. The summed E-state index contributed by atoms with van der Waals surface area (Å²) in [5.41, 5.74) is 5.82. The van der Waals surface area contributed by atoms with Crippen molar-refractivity contribution in [2.24, 2.45) is 5.10 Å². The molecule has 174 valence electrons. The quantitative estimate of drug-likeness (QED) is 0.234. The van der Waals surface area contributed by atoms with Crippen LogP contribution in [0.2, 0.25) is 5.02 Å². The maximum absolute atomic E-state index is 6.24. The Morgan fingerprint density at radius 1 is 0.970 bits per heavy atom. The molecular weight excluding hydrogens is 508 g/mol. The van der Waals surface area contributed by atoms with E-state index in [1.54, 1.807) is 20.4 Å². The Morgan fingerprint density at radius 3 is 2.48 bits per heavy atom. The second-order valence-electron chi connectivity index (χ2n) is 6.93. The zero-order valence-corrected chi connectivity index (χ0v) is 21.1. The van der Waals surface area contributed by atoms with Crippen molar-refractivity contribution < 1.29 is 18.9 Å². The number of hydrogen-bond acceptors (Lipinski definition) is 6. The van der Waals surface area contributed by atoms with E-state index in [-0.39, 0.29) is 0 Å². The zero-order chi connectivity index (χ0) is 23.6. The average Bonchev–Trinajstić information content (AvgIpc) is 2.82. The standard InChI is InChI=1S/C25H26BrClN2O4/c1-4-32-24-13-18(11-20(26)25(24)33-16-19-7-5-6-8-21(19)27)15-29-28-14-17-9-10-22(30-2)23(12-17)31-3/h5-13,15,28H,4,14,16H2,1-3H3/b29-15-. The molecule has 0 unspecified atom stereocenters. The van der Waals surface area contributed by atoms with Gasteiger partial charge in [0.2, 0.25) is 0 Å². The Morgan fingerprint density at radius 2 is 1.76 bits per heavy atom. The van der Waals surface area contributed by atoms with Gasteiger partial charge in [0.15, 0.2) is 23.0 Å². The first-order chi connectivity index (χ1) is 16.0. The average molecular weight is 534 g/mol. The van der Waals surface area contributed by atoms with E-state index < -0.39 is 0 Å². The molecule has 0 aliphatic heterocycles. The smallest absolute Gasteiger partial charge is 0.175 e. The lowest BCUT2D eigenvalue weighted by atomic mass is 10.2. The van der Waals surface area contributed by atoms with Crippen molar-refractivity contribution in [2.45, 2.75) is 20.1 Å². The Labute approximate surface area is 207 Å². The number of rotatable bonds is 11. The van der Waals surface area contributed by atoms with E-state index >= 15 is 0 Å². The summed E-state index contributed by atoms with van der Waals surface area (Å²) in [5.74, 6) is 2.61. The molecule has 3 aromatic rings. The fourth-order valence-corrected chi connectivity index (χ4v) is 3.84. The van der Waals surface area contributed by atoms with Gasteiger partial charge in [0, 0.05) is 10.6 Å². The van der Waals surface area contributed by atoms with Crippen LogP contribution in [0.1, 0.15) is 23.6 Å². The van der Waals surface area contributed by atoms with Gasteiger partial charge in [0.25, 0.3) is 0 Å². The molecule has 0 amide bonds. The largest absolute Gasteiger partial charge is 0.493 e. The minimum atomic E-state index is 0.332. The fraction of sp³-hybridized carbons (Fsp3) is 0.240. The summed E-state index contributed by atoms with van der Waals surface area (Å²) in [5, 5.41) is 4.99. The molecule has 0 aliphatic carbocycles. The van der Waals surface area contributed by atoms with Crippen molar-refractivity contribution in [3.63, 3.8) is 0 Å². The molecule has 3 rings (SSSR count). The highest BCUT2D eigenvalue weighted by Crippen LogP contribution is 2.37. The topological polar surface area (TPSA) is 61.3 Å². The van der Waals surface area contributed by atoms with Gasteiger partial charge in [-0.2, -0.15) is 5.10 Å². The summed E-state index contributed by atoms with van der Waals surface area (Å²) < 4.78 is 23.2. The van der Waals surface area contributed by atoms with Gasteiger partial charge in [0.05, 0.1) is 38.1 Å². The van der Waals surface area contributed by atoms with Crippen molar-refractivity contribution in [1.82, 2.24) is 5.43 Å². The van der Waals surface area contributed by atoms with Crippen molar-refractivity contribution in [2.75, 3.05) is 20.8 Å². The molecule has 0 saturated carbocycles. The van der Waals surface area contributed by atoms with Gasteiger partial charge in [-0.25, -0.2) is 0 Å². The van der Waals surface area contributed by atoms with Crippen molar-refractivity contribution in [3.05, 3.63) is 80.8 Å². The number of benzene rings is 3. The number of methoxy groups -OCH3 is 2. The highest BCUT2D eigenvalue weighted by Gasteiger charge is 2.13. The van der Waals surface area contributed by atoms with Gasteiger partial charge in [-0.15, -0.1) is 0 Å². The van der Waals surface area contributed by atoms with E-state index in [2.05, 4.69) is 26.5 Å². The lowest BCUT2D eigenvalue weighted by Gasteiger charge is -2.15. The molecule has 1 N–H and O–H groups in total. The lowest BCUT2D eigenvalue weighted by Crippen LogP contribution is -2.06. The second kappa shape index (κ2) is 12.4. The van der Waals surface area contributed by atoms with Gasteiger partial charge in [-0.3, -0.25) is 0 Å². The molecule has 0 fully saturated rings. The molecular formula is C25H26BrClN2O4. The normalized spacial score (nSPS) is 10.8. The van der Waals surface area contributed by atoms with Crippen LogP contribution in [0.3, 0.4) is 0 Å². The van der Waals surface area contributed by atoms with Crippen LogP contribution in [-0.2, 0) is 13.2 Å². The number of nitrogens with one attached hydrogen (secondary N) is 1. The van der Waals surface area contributed by atoms with Crippen LogP contribution in [-0.4, -0.2) is 27.0 Å². The Kier molecular flexibility index (Phi) is 9.27. The Hall–Kier alpha value is -2.90. The molecule has 0 heterocycles. The molecule has 0 saturated heterocycles. The van der Waals surface area contributed by atoms with Crippen molar-refractivity contribution >= 4 is 33.7 Å². The lowest BCUT2D eigenvalue weighted by molar-refractivity contribution is 0.267. The van der Waals surface area contributed by atoms with E-state index in [1.165, 1.54) is 0 Å². The molecule has 0 atom stereocenters. The third kappa shape index (κ3) is 6.79. The monoisotopic (exact) mass is 532 g/mol. The zero-order valence-electron chi connectivity index (χ0n) is 18.7.